The second-order valence-corrected chi connectivity index (χ2v) is 7.35. The average molecular weight is 372 g/mol. The van der Waals surface area contributed by atoms with Gasteiger partial charge in [0, 0.05) is 11.1 Å². The molecule has 0 amide bonds. The molecule has 0 atom stereocenters. The van der Waals surface area contributed by atoms with Gasteiger partial charge in [-0.05, 0) is 43.2 Å². The molecule has 3 heteroatoms. The molecule has 0 radical (unpaired) electrons. The van der Waals surface area contributed by atoms with Crippen LogP contribution in [0.3, 0.4) is 0 Å². The zero-order chi connectivity index (χ0) is 19.6. The molecule has 0 bridgehead atoms. The van der Waals surface area contributed by atoms with Crippen LogP contribution in [0.2, 0.25) is 0 Å². The van der Waals surface area contributed by atoms with Crippen LogP contribution in [0, 0.1) is 0 Å². The summed E-state index contributed by atoms with van der Waals surface area (Å²) in [5, 5.41) is 0. The molecule has 142 valence electrons. The third-order valence-electron chi connectivity index (χ3n) is 4.92. The third kappa shape index (κ3) is 3.61. The summed E-state index contributed by atoms with van der Waals surface area (Å²) in [5.41, 5.74) is 3.92. The molecule has 0 unspecified atom stereocenters. The van der Waals surface area contributed by atoms with Crippen LogP contribution in [-0.2, 0) is 16.9 Å². The molecule has 1 heterocycles. The van der Waals surface area contributed by atoms with Crippen molar-refractivity contribution in [2.45, 2.75) is 26.1 Å². The zero-order valence-electron chi connectivity index (χ0n) is 16.4. The maximum absolute atomic E-state index is 6.29. The number of ether oxygens (including phenoxy) is 3. The minimum Gasteiger partial charge on any atom is -0.493 e. The Kier molecular flexibility index (Phi) is 4.82. The highest BCUT2D eigenvalue weighted by molar-refractivity contribution is 5.83. The molecule has 4 rings (SSSR count). The van der Waals surface area contributed by atoms with Crippen molar-refractivity contribution in [1.29, 1.82) is 0 Å². The van der Waals surface area contributed by atoms with Crippen LogP contribution in [0.25, 0.3) is 11.8 Å². The summed E-state index contributed by atoms with van der Waals surface area (Å²) in [6.07, 6.45) is 2.07. The van der Waals surface area contributed by atoms with E-state index in [9.17, 15) is 0 Å². The third-order valence-corrected chi connectivity index (χ3v) is 4.92. The molecule has 28 heavy (non-hydrogen) atoms. The quantitative estimate of drug-likeness (QED) is 0.547. The van der Waals surface area contributed by atoms with Crippen LogP contribution >= 0.6 is 0 Å². The van der Waals surface area contributed by atoms with Gasteiger partial charge in [0.1, 0.15) is 18.0 Å². The van der Waals surface area contributed by atoms with Crippen molar-refractivity contribution in [1.82, 2.24) is 0 Å². The monoisotopic (exact) mass is 372 g/mol. The SMILES string of the molecule is COc1cc2c(cc1OCc1ccccc1)C(C)(C)O/C2=C\c1ccccc1. The van der Waals surface area contributed by atoms with Crippen LogP contribution in [0.4, 0.5) is 0 Å². The summed E-state index contributed by atoms with van der Waals surface area (Å²) in [5.74, 6) is 2.27. The fourth-order valence-corrected chi connectivity index (χ4v) is 3.46. The summed E-state index contributed by atoms with van der Waals surface area (Å²) < 4.78 is 18.0. The Morgan fingerprint density at radius 1 is 0.893 bits per heavy atom. The van der Waals surface area contributed by atoms with Gasteiger partial charge in [-0.2, -0.15) is 0 Å². The van der Waals surface area contributed by atoms with Crippen molar-refractivity contribution >= 4 is 11.8 Å². The van der Waals surface area contributed by atoms with E-state index in [0.29, 0.717) is 12.4 Å². The topological polar surface area (TPSA) is 27.7 Å². The molecule has 0 aliphatic carbocycles. The molecule has 0 spiro atoms. The molecule has 0 saturated carbocycles. The van der Waals surface area contributed by atoms with Gasteiger partial charge in [-0.1, -0.05) is 60.7 Å². The van der Waals surface area contributed by atoms with E-state index in [0.717, 1.165) is 33.8 Å². The number of rotatable bonds is 5. The maximum atomic E-state index is 6.29. The van der Waals surface area contributed by atoms with Crippen molar-refractivity contribution in [3.05, 3.63) is 95.1 Å². The van der Waals surface area contributed by atoms with Gasteiger partial charge in [-0.25, -0.2) is 0 Å². The molecule has 3 nitrogen and oxygen atoms in total. The number of hydrogen-bond donors (Lipinski definition) is 0. The van der Waals surface area contributed by atoms with E-state index in [-0.39, 0.29) is 0 Å². The van der Waals surface area contributed by atoms with Crippen molar-refractivity contribution in [2.75, 3.05) is 7.11 Å². The van der Waals surface area contributed by atoms with Gasteiger partial charge in [0.15, 0.2) is 11.5 Å². The summed E-state index contributed by atoms with van der Waals surface area (Å²) in [6, 6.07) is 24.4. The number of methoxy groups -OCH3 is 1. The summed E-state index contributed by atoms with van der Waals surface area (Å²) in [7, 11) is 1.67. The Morgan fingerprint density at radius 3 is 2.25 bits per heavy atom. The lowest BCUT2D eigenvalue weighted by molar-refractivity contribution is 0.0938. The molecular weight excluding hydrogens is 348 g/mol. The molecule has 3 aromatic rings. The highest BCUT2D eigenvalue weighted by atomic mass is 16.5. The Labute approximate surface area is 166 Å². The maximum Gasteiger partial charge on any atom is 0.162 e. The first kappa shape index (κ1) is 18.2. The molecule has 0 saturated heterocycles. The van der Waals surface area contributed by atoms with Crippen LogP contribution in [0.5, 0.6) is 11.5 Å². The van der Waals surface area contributed by atoms with E-state index in [1.807, 2.05) is 60.7 Å². The fraction of sp³-hybridized carbons (Fsp3) is 0.200. The second kappa shape index (κ2) is 7.43. The van der Waals surface area contributed by atoms with Crippen molar-refractivity contribution in [2.24, 2.45) is 0 Å². The van der Waals surface area contributed by atoms with Crippen LogP contribution in [0.15, 0.2) is 72.8 Å². The van der Waals surface area contributed by atoms with Crippen LogP contribution in [0.1, 0.15) is 36.1 Å². The predicted octanol–water partition coefficient (Wildman–Crippen LogP) is 6.04. The standard InChI is InChI=1S/C25H24O3/c1-25(2)21-16-24(27-17-19-12-8-5-9-13-19)23(26-3)15-20(21)22(28-25)14-18-10-6-4-7-11-18/h4-16H,17H2,1-3H3/b22-14-. The summed E-state index contributed by atoms with van der Waals surface area (Å²) in [6.45, 7) is 4.64. The molecule has 0 aromatic heterocycles. The lowest BCUT2D eigenvalue weighted by Gasteiger charge is -2.20. The lowest BCUT2D eigenvalue weighted by atomic mass is 9.94. The highest BCUT2D eigenvalue weighted by Crippen LogP contribution is 2.47. The highest BCUT2D eigenvalue weighted by Gasteiger charge is 2.36. The summed E-state index contributed by atoms with van der Waals surface area (Å²) in [4.78, 5) is 0. The van der Waals surface area contributed by atoms with Crippen LogP contribution < -0.4 is 9.47 Å². The molecule has 0 N–H and O–H groups in total. The van der Waals surface area contributed by atoms with Crippen molar-refractivity contribution in [3.63, 3.8) is 0 Å². The van der Waals surface area contributed by atoms with Gasteiger partial charge in [-0.3, -0.25) is 0 Å². The molecule has 1 aliphatic rings. The molecular formula is C25H24O3. The van der Waals surface area contributed by atoms with Crippen molar-refractivity contribution in [3.8, 4) is 11.5 Å². The second-order valence-electron chi connectivity index (χ2n) is 7.35. The summed E-state index contributed by atoms with van der Waals surface area (Å²) >= 11 is 0. The predicted molar refractivity (Wildman–Crippen MR) is 112 cm³/mol. The number of fused-ring (bicyclic) bond motifs is 1. The minimum absolute atomic E-state index is 0.437. The number of benzene rings is 3. The van der Waals surface area contributed by atoms with E-state index in [4.69, 9.17) is 14.2 Å². The van der Waals surface area contributed by atoms with E-state index in [1.165, 1.54) is 0 Å². The van der Waals surface area contributed by atoms with Gasteiger partial charge < -0.3 is 14.2 Å². The van der Waals surface area contributed by atoms with E-state index >= 15 is 0 Å². The minimum atomic E-state index is -0.437. The van der Waals surface area contributed by atoms with Gasteiger partial charge in [0.2, 0.25) is 0 Å². The average Bonchev–Trinajstić information content (AvgIpc) is 2.96. The molecule has 0 fully saturated rings. The zero-order valence-corrected chi connectivity index (χ0v) is 16.4. The van der Waals surface area contributed by atoms with E-state index < -0.39 is 5.60 Å². The Balaban J connectivity index is 1.70. The Morgan fingerprint density at radius 2 is 1.57 bits per heavy atom. The first-order valence-electron chi connectivity index (χ1n) is 9.42. The molecule has 1 aliphatic heterocycles. The Bertz CT molecular complexity index is 989. The smallest absolute Gasteiger partial charge is 0.162 e. The number of hydrogen-bond acceptors (Lipinski definition) is 3. The van der Waals surface area contributed by atoms with Gasteiger partial charge in [-0.15, -0.1) is 0 Å². The first-order valence-corrected chi connectivity index (χ1v) is 9.42. The molecule has 3 aromatic carbocycles. The lowest BCUT2D eigenvalue weighted by Crippen LogP contribution is -2.14. The van der Waals surface area contributed by atoms with E-state index in [1.54, 1.807) is 7.11 Å². The van der Waals surface area contributed by atoms with E-state index in [2.05, 4.69) is 32.1 Å². The van der Waals surface area contributed by atoms with Gasteiger partial charge >= 0.3 is 0 Å². The first-order chi connectivity index (χ1) is 13.6. The van der Waals surface area contributed by atoms with Crippen LogP contribution in [-0.4, -0.2) is 7.11 Å². The van der Waals surface area contributed by atoms with Gasteiger partial charge in [0.25, 0.3) is 0 Å². The van der Waals surface area contributed by atoms with Gasteiger partial charge in [0.05, 0.1) is 7.11 Å². The Hall–Kier alpha value is -3.20. The fourth-order valence-electron chi connectivity index (χ4n) is 3.46. The van der Waals surface area contributed by atoms with Crippen molar-refractivity contribution < 1.29 is 14.2 Å². The normalized spacial score (nSPS) is 15.8. The largest absolute Gasteiger partial charge is 0.493 e.